The van der Waals surface area contributed by atoms with Crippen LogP contribution in [0.25, 0.3) is 0 Å². The molecule has 0 aromatic heterocycles. The third-order valence-electron chi connectivity index (χ3n) is 4.62. The van der Waals surface area contributed by atoms with Crippen molar-refractivity contribution in [2.75, 3.05) is 27.9 Å². The molecule has 0 spiro atoms. The summed E-state index contributed by atoms with van der Waals surface area (Å²) in [7, 11) is 4.37. The Hall–Kier alpha value is -3.95. The predicted octanol–water partition coefficient (Wildman–Crippen LogP) is 4.77. The van der Waals surface area contributed by atoms with E-state index in [1.54, 1.807) is 36.4 Å². The molecule has 9 nitrogen and oxygen atoms in total. The van der Waals surface area contributed by atoms with E-state index >= 15 is 0 Å². The first-order valence-electron chi connectivity index (χ1n) is 10.4. The molecule has 0 radical (unpaired) electrons. The van der Waals surface area contributed by atoms with Gasteiger partial charge in [-0.05, 0) is 48.0 Å². The van der Waals surface area contributed by atoms with Crippen LogP contribution in [-0.2, 0) is 4.79 Å². The maximum absolute atomic E-state index is 12.7. The van der Waals surface area contributed by atoms with Crippen LogP contribution in [0, 0.1) is 0 Å². The number of hydrogen-bond donors (Lipinski definition) is 1. The quantitative estimate of drug-likeness (QED) is 0.173. The smallest absolute Gasteiger partial charge is 0.343 e. The normalized spacial score (nSPS) is 10.6. The fourth-order valence-corrected chi connectivity index (χ4v) is 3.43. The number of nitrogens with one attached hydrogen (secondary N) is 1. The number of esters is 1. The Labute approximate surface area is 217 Å². The van der Waals surface area contributed by atoms with Crippen molar-refractivity contribution in [3.63, 3.8) is 0 Å². The molecule has 1 amide bonds. The molecule has 0 atom stereocenters. The molecule has 3 aromatic rings. The minimum Gasteiger partial charge on any atom is -0.493 e. The summed E-state index contributed by atoms with van der Waals surface area (Å²) in [5.74, 6) is 0.465. The summed E-state index contributed by atoms with van der Waals surface area (Å²) in [6.07, 6.45) is 1.39. The van der Waals surface area contributed by atoms with Gasteiger partial charge < -0.3 is 23.7 Å². The van der Waals surface area contributed by atoms with E-state index in [4.69, 9.17) is 46.9 Å². The van der Waals surface area contributed by atoms with Crippen LogP contribution in [0.4, 0.5) is 0 Å². The molecule has 0 aliphatic carbocycles. The van der Waals surface area contributed by atoms with Gasteiger partial charge in [0.1, 0.15) is 11.5 Å². The number of hydrogen-bond acceptors (Lipinski definition) is 8. The van der Waals surface area contributed by atoms with Gasteiger partial charge in [0.2, 0.25) is 5.75 Å². The highest BCUT2D eigenvalue weighted by molar-refractivity contribution is 6.35. The molecule has 11 heteroatoms. The van der Waals surface area contributed by atoms with Crippen LogP contribution < -0.4 is 29.1 Å². The largest absolute Gasteiger partial charge is 0.493 e. The van der Waals surface area contributed by atoms with Gasteiger partial charge in [0.25, 0.3) is 5.91 Å². The highest BCUT2D eigenvalue weighted by Gasteiger charge is 2.18. The molecular formula is C25H22Cl2N2O7. The van der Waals surface area contributed by atoms with Crippen LogP contribution >= 0.6 is 23.2 Å². The van der Waals surface area contributed by atoms with Crippen LogP contribution in [0.1, 0.15) is 15.9 Å². The molecule has 0 fully saturated rings. The zero-order chi connectivity index (χ0) is 26.1. The Morgan fingerprint density at radius 2 is 1.64 bits per heavy atom. The van der Waals surface area contributed by atoms with Crippen LogP contribution in [-0.4, -0.2) is 46.0 Å². The van der Waals surface area contributed by atoms with Crippen LogP contribution in [0.15, 0.2) is 59.7 Å². The van der Waals surface area contributed by atoms with E-state index in [2.05, 4.69) is 10.5 Å². The molecule has 0 unspecified atom stereocenters. The lowest BCUT2D eigenvalue weighted by atomic mass is 10.1. The zero-order valence-electron chi connectivity index (χ0n) is 19.5. The maximum atomic E-state index is 12.7. The van der Waals surface area contributed by atoms with Crippen molar-refractivity contribution in [1.82, 2.24) is 5.43 Å². The number of ether oxygens (including phenoxy) is 5. The topological polar surface area (TPSA) is 105 Å². The Bertz CT molecular complexity index is 1260. The van der Waals surface area contributed by atoms with Gasteiger partial charge in [-0.2, -0.15) is 5.10 Å². The molecule has 0 heterocycles. The molecule has 0 saturated heterocycles. The molecular weight excluding hydrogens is 511 g/mol. The molecule has 0 aliphatic heterocycles. The zero-order valence-corrected chi connectivity index (χ0v) is 21.1. The van der Waals surface area contributed by atoms with E-state index in [1.165, 1.54) is 45.7 Å². The number of hydrazone groups is 1. The summed E-state index contributed by atoms with van der Waals surface area (Å²) >= 11 is 11.8. The van der Waals surface area contributed by atoms with E-state index in [-0.39, 0.29) is 22.9 Å². The van der Waals surface area contributed by atoms with Crippen molar-refractivity contribution in [2.45, 2.75) is 0 Å². The maximum Gasteiger partial charge on any atom is 0.343 e. The first-order chi connectivity index (χ1) is 17.3. The molecule has 3 aromatic carbocycles. The SMILES string of the molecule is COc1cc(C(=O)Oc2cccc(/C=N\NC(=O)COc3ccc(Cl)cc3Cl)c2)cc(OC)c1OC. The average molecular weight is 533 g/mol. The average Bonchev–Trinajstić information content (AvgIpc) is 2.87. The highest BCUT2D eigenvalue weighted by Crippen LogP contribution is 2.38. The van der Waals surface area contributed by atoms with E-state index in [1.807, 2.05) is 0 Å². The van der Waals surface area contributed by atoms with Gasteiger partial charge in [0, 0.05) is 5.02 Å². The van der Waals surface area contributed by atoms with Crippen LogP contribution in [0.5, 0.6) is 28.7 Å². The fourth-order valence-electron chi connectivity index (χ4n) is 2.97. The Morgan fingerprint density at radius 1 is 0.917 bits per heavy atom. The van der Waals surface area contributed by atoms with E-state index < -0.39 is 11.9 Å². The highest BCUT2D eigenvalue weighted by atomic mass is 35.5. The number of carbonyl (C=O) groups is 2. The van der Waals surface area contributed by atoms with Gasteiger partial charge in [0.15, 0.2) is 18.1 Å². The van der Waals surface area contributed by atoms with E-state index in [0.717, 1.165) is 0 Å². The van der Waals surface area contributed by atoms with Crippen LogP contribution in [0.3, 0.4) is 0 Å². The summed E-state index contributed by atoms with van der Waals surface area (Å²) in [6, 6.07) is 14.2. The minimum absolute atomic E-state index is 0.205. The monoisotopic (exact) mass is 532 g/mol. The lowest BCUT2D eigenvalue weighted by molar-refractivity contribution is -0.123. The molecule has 1 N–H and O–H groups in total. The second-order valence-corrected chi connectivity index (χ2v) is 7.88. The van der Waals surface area contributed by atoms with Gasteiger partial charge in [0.05, 0.1) is 38.1 Å². The van der Waals surface area contributed by atoms with E-state index in [0.29, 0.717) is 33.6 Å². The molecule has 36 heavy (non-hydrogen) atoms. The lowest BCUT2D eigenvalue weighted by Gasteiger charge is -2.13. The first-order valence-corrected chi connectivity index (χ1v) is 11.1. The van der Waals surface area contributed by atoms with Gasteiger partial charge in [-0.25, -0.2) is 10.2 Å². The summed E-state index contributed by atoms with van der Waals surface area (Å²) in [4.78, 5) is 24.7. The van der Waals surface area contributed by atoms with Crippen molar-refractivity contribution in [3.8, 4) is 28.7 Å². The molecule has 188 valence electrons. The van der Waals surface area contributed by atoms with Crippen molar-refractivity contribution in [3.05, 3.63) is 75.8 Å². The number of rotatable bonds is 10. The van der Waals surface area contributed by atoms with E-state index in [9.17, 15) is 9.59 Å². The third-order valence-corrected chi connectivity index (χ3v) is 5.16. The van der Waals surface area contributed by atoms with Gasteiger partial charge >= 0.3 is 5.97 Å². The van der Waals surface area contributed by atoms with Crippen molar-refractivity contribution >= 4 is 41.3 Å². The number of amides is 1. The number of benzene rings is 3. The number of methoxy groups -OCH3 is 3. The van der Waals surface area contributed by atoms with Gasteiger partial charge in [-0.1, -0.05) is 35.3 Å². The van der Waals surface area contributed by atoms with Crippen molar-refractivity contribution in [1.29, 1.82) is 0 Å². The summed E-state index contributed by atoms with van der Waals surface area (Å²) in [6.45, 7) is -0.300. The van der Waals surface area contributed by atoms with Gasteiger partial charge in [-0.3, -0.25) is 4.79 Å². The fraction of sp³-hybridized carbons (Fsp3) is 0.160. The number of halogens is 2. The third kappa shape index (κ3) is 7.03. The molecule has 0 saturated carbocycles. The molecule has 0 aliphatic rings. The number of carbonyl (C=O) groups excluding carboxylic acids is 2. The minimum atomic E-state index is -0.630. The summed E-state index contributed by atoms with van der Waals surface area (Å²) < 4.78 is 26.6. The predicted molar refractivity (Wildman–Crippen MR) is 135 cm³/mol. The summed E-state index contributed by atoms with van der Waals surface area (Å²) in [5.41, 5.74) is 3.12. The second kappa shape index (κ2) is 12.7. The van der Waals surface area contributed by atoms with Gasteiger partial charge in [-0.15, -0.1) is 0 Å². The first kappa shape index (κ1) is 26.7. The second-order valence-electron chi connectivity index (χ2n) is 7.03. The van der Waals surface area contributed by atoms with Crippen LogP contribution in [0.2, 0.25) is 10.0 Å². The van der Waals surface area contributed by atoms with Crippen molar-refractivity contribution < 1.29 is 33.3 Å². The molecule has 0 bridgehead atoms. The molecule has 3 rings (SSSR count). The Balaban J connectivity index is 1.60. The number of nitrogens with zero attached hydrogens (tertiary/aromatic N) is 1. The summed E-state index contributed by atoms with van der Waals surface area (Å²) in [5, 5.41) is 4.63. The lowest BCUT2D eigenvalue weighted by Crippen LogP contribution is -2.24. The standard InChI is InChI=1S/C25H22Cl2N2O7/c1-32-21-10-16(11-22(33-2)24(21)34-3)25(31)36-18-6-4-5-15(9-18)13-28-29-23(30)14-35-20-8-7-17(26)12-19(20)27/h4-13H,14H2,1-3H3,(H,29,30)/b28-13-. The Kier molecular flexibility index (Phi) is 9.38. The Morgan fingerprint density at radius 3 is 2.28 bits per heavy atom. The van der Waals surface area contributed by atoms with Crippen molar-refractivity contribution in [2.24, 2.45) is 5.10 Å².